The number of carbonyl (C=O) groups excluding carboxylic acids is 2. The average molecular weight is 429 g/mol. The van der Waals surface area contributed by atoms with Gasteiger partial charge in [0.05, 0.1) is 19.9 Å². The summed E-state index contributed by atoms with van der Waals surface area (Å²) in [7, 11) is 1.60. The molecule has 27 heavy (non-hydrogen) atoms. The summed E-state index contributed by atoms with van der Waals surface area (Å²) in [6.45, 7) is 0.557. The van der Waals surface area contributed by atoms with Crippen molar-refractivity contribution in [3.05, 3.63) is 58.8 Å². The molecule has 2 aromatic heterocycles. The SMILES string of the molecule is COc1ccc(CN2C(=O)CCN(c3cnc4cc(Br)ccn34)C2=O)cc1. The number of rotatable bonds is 4. The number of hydrogen-bond acceptors (Lipinski definition) is 4. The summed E-state index contributed by atoms with van der Waals surface area (Å²) < 4.78 is 7.90. The number of benzene rings is 1. The molecule has 138 valence electrons. The second-order valence-electron chi connectivity index (χ2n) is 6.20. The maximum atomic E-state index is 13.0. The Balaban J connectivity index is 1.61. The quantitative estimate of drug-likeness (QED) is 0.637. The van der Waals surface area contributed by atoms with E-state index in [1.54, 1.807) is 18.2 Å². The second-order valence-corrected chi connectivity index (χ2v) is 7.12. The van der Waals surface area contributed by atoms with Gasteiger partial charge in [0.2, 0.25) is 5.91 Å². The van der Waals surface area contributed by atoms with Crippen molar-refractivity contribution in [1.29, 1.82) is 0 Å². The number of ether oxygens (including phenoxy) is 1. The van der Waals surface area contributed by atoms with E-state index in [2.05, 4.69) is 20.9 Å². The van der Waals surface area contributed by atoms with Crippen LogP contribution in [0.15, 0.2) is 53.3 Å². The van der Waals surface area contributed by atoms with Crippen molar-refractivity contribution < 1.29 is 14.3 Å². The van der Waals surface area contributed by atoms with Crippen molar-refractivity contribution in [2.45, 2.75) is 13.0 Å². The maximum absolute atomic E-state index is 13.0. The highest BCUT2D eigenvalue weighted by Crippen LogP contribution is 2.25. The molecule has 0 spiro atoms. The molecule has 3 heterocycles. The van der Waals surface area contributed by atoms with E-state index in [9.17, 15) is 9.59 Å². The molecule has 0 N–H and O–H groups in total. The first-order chi connectivity index (χ1) is 13.1. The van der Waals surface area contributed by atoms with E-state index in [-0.39, 0.29) is 24.9 Å². The average Bonchev–Trinajstić information content (AvgIpc) is 3.08. The number of pyridine rings is 1. The van der Waals surface area contributed by atoms with Gasteiger partial charge in [-0.15, -0.1) is 0 Å². The Labute approximate surface area is 164 Å². The first-order valence-corrected chi connectivity index (χ1v) is 9.23. The fourth-order valence-corrected chi connectivity index (χ4v) is 3.44. The summed E-state index contributed by atoms with van der Waals surface area (Å²) in [4.78, 5) is 32.6. The number of carbonyl (C=O) groups is 2. The number of hydrogen-bond donors (Lipinski definition) is 0. The molecule has 0 atom stereocenters. The van der Waals surface area contributed by atoms with Gasteiger partial charge in [-0.05, 0) is 29.8 Å². The molecule has 1 fully saturated rings. The fourth-order valence-electron chi connectivity index (χ4n) is 3.11. The molecule has 0 aliphatic carbocycles. The van der Waals surface area contributed by atoms with Gasteiger partial charge in [0.1, 0.15) is 17.2 Å². The van der Waals surface area contributed by atoms with Gasteiger partial charge in [0, 0.05) is 23.6 Å². The standard InChI is InChI=1S/C19H17BrN4O3/c1-27-15-4-2-13(3-5-15)12-24-18(25)7-9-23(19(24)26)17-11-21-16-10-14(20)6-8-22(16)17/h2-6,8,10-11H,7,9,12H2,1H3. The van der Waals surface area contributed by atoms with Gasteiger partial charge >= 0.3 is 6.03 Å². The second kappa shape index (κ2) is 7.03. The lowest BCUT2D eigenvalue weighted by Crippen LogP contribution is -2.52. The van der Waals surface area contributed by atoms with Gasteiger partial charge in [0.25, 0.3) is 0 Å². The minimum atomic E-state index is -0.341. The maximum Gasteiger partial charge on any atom is 0.332 e. The van der Waals surface area contributed by atoms with Gasteiger partial charge in [-0.3, -0.25) is 19.0 Å². The van der Waals surface area contributed by atoms with Crippen LogP contribution in [0, 0.1) is 0 Å². The van der Waals surface area contributed by atoms with Crippen LogP contribution in [0.2, 0.25) is 0 Å². The molecule has 3 aromatic rings. The highest BCUT2D eigenvalue weighted by Gasteiger charge is 2.34. The van der Waals surface area contributed by atoms with Crippen LogP contribution in [-0.2, 0) is 11.3 Å². The Bertz CT molecular complexity index is 1020. The lowest BCUT2D eigenvalue weighted by atomic mass is 10.2. The summed E-state index contributed by atoms with van der Waals surface area (Å²) in [5.41, 5.74) is 1.59. The Morgan fingerprint density at radius 1 is 1.19 bits per heavy atom. The molecule has 3 amide bonds. The number of halogens is 1. The minimum absolute atomic E-state index is 0.177. The van der Waals surface area contributed by atoms with Gasteiger partial charge in [-0.2, -0.15) is 0 Å². The molecular weight excluding hydrogens is 412 g/mol. The Kier molecular flexibility index (Phi) is 4.57. The van der Waals surface area contributed by atoms with Crippen LogP contribution in [-0.4, -0.2) is 39.9 Å². The van der Waals surface area contributed by atoms with Crippen molar-refractivity contribution in [2.24, 2.45) is 0 Å². The number of aromatic nitrogens is 2. The highest BCUT2D eigenvalue weighted by atomic mass is 79.9. The summed E-state index contributed by atoms with van der Waals surface area (Å²) in [5.74, 6) is 1.20. The number of fused-ring (bicyclic) bond motifs is 1. The van der Waals surface area contributed by atoms with Gasteiger partial charge < -0.3 is 4.74 Å². The summed E-state index contributed by atoms with van der Waals surface area (Å²) in [5, 5.41) is 0. The molecule has 1 aromatic carbocycles. The molecule has 7 nitrogen and oxygen atoms in total. The zero-order valence-electron chi connectivity index (χ0n) is 14.6. The van der Waals surface area contributed by atoms with Crippen molar-refractivity contribution in [3.63, 3.8) is 0 Å². The van der Waals surface area contributed by atoms with Crippen LogP contribution in [0.1, 0.15) is 12.0 Å². The predicted molar refractivity (Wildman–Crippen MR) is 104 cm³/mol. The molecule has 8 heteroatoms. The van der Waals surface area contributed by atoms with E-state index in [0.717, 1.165) is 21.4 Å². The lowest BCUT2D eigenvalue weighted by molar-refractivity contribution is -0.129. The van der Waals surface area contributed by atoms with E-state index in [1.807, 2.05) is 47.0 Å². The Hall–Kier alpha value is -2.87. The summed E-state index contributed by atoms with van der Waals surface area (Å²) >= 11 is 3.42. The molecule has 1 aliphatic heterocycles. The van der Waals surface area contributed by atoms with Crippen LogP contribution < -0.4 is 9.64 Å². The molecule has 4 rings (SSSR count). The van der Waals surface area contributed by atoms with Gasteiger partial charge in [0.15, 0.2) is 0 Å². The first kappa shape index (κ1) is 17.5. The van der Waals surface area contributed by atoms with Crippen LogP contribution in [0.5, 0.6) is 5.75 Å². The highest BCUT2D eigenvalue weighted by molar-refractivity contribution is 9.10. The molecule has 0 radical (unpaired) electrons. The van der Waals surface area contributed by atoms with Crippen LogP contribution in [0.25, 0.3) is 5.65 Å². The third kappa shape index (κ3) is 3.28. The normalized spacial score (nSPS) is 14.9. The number of methoxy groups -OCH3 is 1. The number of imide groups is 1. The first-order valence-electron chi connectivity index (χ1n) is 8.44. The van der Waals surface area contributed by atoms with E-state index in [0.29, 0.717) is 12.4 Å². The minimum Gasteiger partial charge on any atom is -0.497 e. The van der Waals surface area contributed by atoms with Crippen LogP contribution in [0.4, 0.5) is 10.6 Å². The van der Waals surface area contributed by atoms with E-state index >= 15 is 0 Å². The number of nitrogens with zero attached hydrogens (tertiary/aromatic N) is 4. The van der Waals surface area contributed by atoms with E-state index in [1.165, 1.54) is 4.90 Å². The number of anilines is 1. The predicted octanol–water partition coefficient (Wildman–Crippen LogP) is 3.46. The Morgan fingerprint density at radius 3 is 2.70 bits per heavy atom. The Morgan fingerprint density at radius 2 is 1.96 bits per heavy atom. The number of imidazole rings is 1. The summed E-state index contributed by atoms with van der Waals surface area (Å²) in [6.07, 6.45) is 3.77. The smallest absolute Gasteiger partial charge is 0.332 e. The van der Waals surface area contributed by atoms with Crippen LogP contribution in [0.3, 0.4) is 0 Å². The molecule has 1 aliphatic rings. The van der Waals surface area contributed by atoms with Crippen LogP contribution >= 0.6 is 15.9 Å². The van der Waals surface area contributed by atoms with Crippen molar-refractivity contribution in [2.75, 3.05) is 18.6 Å². The molecular formula is C19H17BrN4O3. The van der Waals surface area contributed by atoms with E-state index in [4.69, 9.17) is 4.74 Å². The van der Waals surface area contributed by atoms with Gasteiger partial charge in [-0.25, -0.2) is 9.78 Å². The lowest BCUT2D eigenvalue weighted by Gasteiger charge is -2.33. The molecule has 1 saturated heterocycles. The third-order valence-electron chi connectivity index (χ3n) is 4.54. The molecule has 0 saturated carbocycles. The third-order valence-corrected chi connectivity index (χ3v) is 5.04. The molecule has 0 unspecified atom stereocenters. The zero-order chi connectivity index (χ0) is 19.0. The topological polar surface area (TPSA) is 67.2 Å². The van der Waals surface area contributed by atoms with Crippen molar-refractivity contribution in [3.8, 4) is 5.75 Å². The van der Waals surface area contributed by atoms with Crippen molar-refractivity contribution >= 4 is 39.3 Å². The van der Waals surface area contributed by atoms with E-state index < -0.39 is 0 Å². The molecule has 0 bridgehead atoms. The largest absolute Gasteiger partial charge is 0.497 e. The summed E-state index contributed by atoms with van der Waals surface area (Å²) in [6, 6.07) is 10.7. The van der Waals surface area contributed by atoms with Gasteiger partial charge in [-0.1, -0.05) is 28.1 Å². The zero-order valence-corrected chi connectivity index (χ0v) is 16.2. The van der Waals surface area contributed by atoms with Crippen molar-refractivity contribution in [1.82, 2.24) is 14.3 Å². The fraction of sp³-hybridized carbons (Fsp3) is 0.211. The number of amides is 3. The number of urea groups is 1. The monoisotopic (exact) mass is 428 g/mol.